The van der Waals surface area contributed by atoms with Gasteiger partial charge in [-0.25, -0.2) is 5.10 Å². The fourth-order valence-electron chi connectivity index (χ4n) is 1.24. The molecule has 7 nitrogen and oxygen atoms in total. The Morgan fingerprint density at radius 1 is 1.42 bits per heavy atom. The predicted molar refractivity (Wildman–Crippen MR) is 71.2 cm³/mol. The molecule has 1 aromatic heterocycles. The summed E-state index contributed by atoms with van der Waals surface area (Å²) in [7, 11) is 1.44. The van der Waals surface area contributed by atoms with Gasteiger partial charge in [0.25, 0.3) is 5.91 Å². The fraction of sp³-hybridized carbons (Fsp3) is 0.182. The quantitative estimate of drug-likeness (QED) is 0.871. The summed E-state index contributed by atoms with van der Waals surface area (Å²) in [5.41, 5.74) is 0. The van der Waals surface area contributed by atoms with Crippen LogP contribution in [0.3, 0.4) is 0 Å². The van der Waals surface area contributed by atoms with Gasteiger partial charge < -0.3 is 9.47 Å². The number of amides is 1. The Hall–Kier alpha value is -2.09. The van der Waals surface area contributed by atoms with E-state index in [0.29, 0.717) is 5.75 Å². The molecule has 2 aromatic rings. The first-order valence-electron chi connectivity index (χ1n) is 5.32. The molecule has 2 N–H and O–H groups in total. The zero-order valence-electron chi connectivity index (χ0n) is 10.0. The van der Waals surface area contributed by atoms with Crippen LogP contribution in [0.1, 0.15) is 0 Å². The molecule has 0 aliphatic heterocycles. The van der Waals surface area contributed by atoms with E-state index >= 15 is 0 Å². The first kappa shape index (κ1) is 13.3. The predicted octanol–water partition coefficient (Wildman–Crippen LogP) is 1.59. The molecule has 19 heavy (non-hydrogen) atoms. The van der Waals surface area contributed by atoms with Gasteiger partial charge in [-0.2, -0.15) is 4.98 Å². The Morgan fingerprint density at radius 3 is 2.79 bits per heavy atom. The van der Waals surface area contributed by atoms with Gasteiger partial charge in [0.15, 0.2) is 6.61 Å². The molecule has 0 saturated heterocycles. The van der Waals surface area contributed by atoms with Crippen LogP contribution in [0.2, 0.25) is 0 Å². The molecule has 0 unspecified atom stereocenters. The maximum Gasteiger partial charge on any atom is 0.336 e. The van der Waals surface area contributed by atoms with Gasteiger partial charge in [0.1, 0.15) is 5.75 Å². The Labute approximate surface area is 117 Å². The number of carbonyl (C=O) groups is 1. The first-order chi connectivity index (χ1) is 9.17. The molecule has 0 atom stereocenters. The highest BCUT2D eigenvalue weighted by molar-refractivity contribution is 9.10. The molecule has 1 amide bonds. The lowest BCUT2D eigenvalue weighted by Crippen LogP contribution is -2.20. The van der Waals surface area contributed by atoms with Gasteiger partial charge in [-0.15, -0.1) is 5.10 Å². The maximum absolute atomic E-state index is 11.6. The van der Waals surface area contributed by atoms with Crippen LogP contribution >= 0.6 is 15.9 Å². The van der Waals surface area contributed by atoms with E-state index in [1.54, 1.807) is 12.1 Å². The van der Waals surface area contributed by atoms with E-state index in [4.69, 9.17) is 9.47 Å². The lowest BCUT2D eigenvalue weighted by Gasteiger charge is -2.05. The Balaban J connectivity index is 1.82. The highest BCUT2D eigenvalue weighted by Gasteiger charge is 2.08. The fourth-order valence-corrected chi connectivity index (χ4v) is 1.51. The number of nitrogens with one attached hydrogen (secondary N) is 2. The van der Waals surface area contributed by atoms with Gasteiger partial charge in [-0.3, -0.25) is 10.1 Å². The Bertz CT molecular complexity index is 555. The minimum atomic E-state index is -0.346. The van der Waals surface area contributed by atoms with Crippen molar-refractivity contribution < 1.29 is 14.3 Å². The summed E-state index contributed by atoms with van der Waals surface area (Å²) < 4.78 is 11.0. The number of aromatic nitrogens is 3. The number of carbonyl (C=O) groups excluding carboxylic acids is 1. The third-order valence-electron chi connectivity index (χ3n) is 2.09. The van der Waals surface area contributed by atoms with Gasteiger partial charge in [0, 0.05) is 4.47 Å². The van der Waals surface area contributed by atoms with Crippen LogP contribution in [0.4, 0.5) is 5.95 Å². The van der Waals surface area contributed by atoms with Gasteiger partial charge in [0.2, 0.25) is 5.95 Å². The van der Waals surface area contributed by atoms with Crippen molar-refractivity contribution in [1.29, 1.82) is 0 Å². The molecule has 1 heterocycles. The highest BCUT2D eigenvalue weighted by Crippen LogP contribution is 2.16. The Morgan fingerprint density at radius 2 is 2.16 bits per heavy atom. The smallest absolute Gasteiger partial charge is 0.336 e. The lowest BCUT2D eigenvalue weighted by molar-refractivity contribution is -0.118. The molecule has 1 aromatic carbocycles. The number of aromatic amines is 1. The average Bonchev–Trinajstić information content (AvgIpc) is 2.86. The third-order valence-corrected chi connectivity index (χ3v) is 2.62. The van der Waals surface area contributed by atoms with Crippen molar-refractivity contribution in [1.82, 2.24) is 15.2 Å². The summed E-state index contributed by atoms with van der Waals surface area (Å²) in [5, 5.41) is 8.71. The minimum absolute atomic E-state index is 0.120. The first-order valence-corrected chi connectivity index (χ1v) is 6.11. The van der Waals surface area contributed by atoms with E-state index in [1.807, 2.05) is 12.1 Å². The monoisotopic (exact) mass is 326 g/mol. The number of anilines is 1. The summed E-state index contributed by atoms with van der Waals surface area (Å²) in [6.07, 6.45) is 0. The number of benzene rings is 1. The number of halogens is 1. The van der Waals surface area contributed by atoms with Crippen molar-refractivity contribution in [2.24, 2.45) is 0 Å². The summed E-state index contributed by atoms with van der Waals surface area (Å²) in [6, 6.07) is 7.33. The molecular weight excluding hydrogens is 316 g/mol. The molecule has 8 heteroatoms. The van der Waals surface area contributed by atoms with E-state index in [9.17, 15) is 4.79 Å². The van der Waals surface area contributed by atoms with Crippen LogP contribution in [0.25, 0.3) is 0 Å². The topological polar surface area (TPSA) is 89.1 Å². The van der Waals surface area contributed by atoms with E-state index in [-0.39, 0.29) is 24.5 Å². The molecule has 0 spiro atoms. The van der Waals surface area contributed by atoms with Gasteiger partial charge in [-0.05, 0) is 24.3 Å². The van der Waals surface area contributed by atoms with Gasteiger partial charge >= 0.3 is 6.01 Å². The Kier molecular flexibility index (Phi) is 4.35. The number of ether oxygens (including phenoxy) is 2. The molecule has 0 bridgehead atoms. The standard InChI is InChI=1S/C11H11BrN4O3/c1-18-11-14-10(15-16-11)13-9(17)6-19-8-4-2-7(12)3-5-8/h2-5H,6H2,1H3,(H2,13,14,15,16,17). The highest BCUT2D eigenvalue weighted by atomic mass is 79.9. The molecule has 100 valence electrons. The van der Waals surface area contributed by atoms with Crippen molar-refractivity contribution in [2.45, 2.75) is 0 Å². The number of hydrogen-bond donors (Lipinski definition) is 2. The number of H-pyrrole nitrogens is 1. The van der Waals surface area contributed by atoms with Crippen LogP contribution in [0, 0.1) is 0 Å². The second kappa shape index (κ2) is 6.19. The number of methoxy groups -OCH3 is 1. The second-order valence-electron chi connectivity index (χ2n) is 3.46. The molecule has 0 aliphatic carbocycles. The van der Waals surface area contributed by atoms with Crippen LogP contribution in [-0.4, -0.2) is 34.8 Å². The summed E-state index contributed by atoms with van der Waals surface area (Å²) >= 11 is 3.31. The zero-order valence-corrected chi connectivity index (χ0v) is 11.6. The summed E-state index contributed by atoms with van der Waals surface area (Å²) in [4.78, 5) is 15.4. The number of rotatable bonds is 5. The number of hydrogen-bond acceptors (Lipinski definition) is 5. The van der Waals surface area contributed by atoms with E-state index in [0.717, 1.165) is 4.47 Å². The molecule has 0 aliphatic rings. The minimum Gasteiger partial charge on any atom is -0.484 e. The molecule has 0 fully saturated rings. The van der Waals surface area contributed by atoms with Crippen molar-refractivity contribution in [2.75, 3.05) is 19.0 Å². The van der Waals surface area contributed by atoms with Crippen molar-refractivity contribution in [3.8, 4) is 11.8 Å². The largest absolute Gasteiger partial charge is 0.484 e. The van der Waals surface area contributed by atoms with Crippen LogP contribution in [0.15, 0.2) is 28.7 Å². The second-order valence-corrected chi connectivity index (χ2v) is 4.38. The van der Waals surface area contributed by atoms with Crippen molar-refractivity contribution in [3.63, 3.8) is 0 Å². The van der Waals surface area contributed by atoms with Crippen LogP contribution in [0.5, 0.6) is 11.8 Å². The van der Waals surface area contributed by atoms with E-state index < -0.39 is 0 Å². The SMILES string of the molecule is COc1n[nH]c(NC(=O)COc2ccc(Br)cc2)n1. The van der Waals surface area contributed by atoms with Gasteiger partial charge in [-0.1, -0.05) is 15.9 Å². The van der Waals surface area contributed by atoms with Crippen molar-refractivity contribution in [3.05, 3.63) is 28.7 Å². The molecule has 0 radical (unpaired) electrons. The molecular formula is C11H11BrN4O3. The van der Waals surface area contributed by atoms with E-state index in [1.165, 1.54) is 7.11 Å². The summed E-state index contributed by atoms with van der Waals surface area (Å²) in [6.45, 7) is -0.120. The normalized spacial score (nSPS) is 10.0. The maximum atomic E-state index is 11.6. The van der Waals surface area contributed by atoms with Crippen LogP contribution < -0.4 is 14.8 Å². The molecule has 0 saturated carbocycles. The van der Waals surface area contributed by atoms with Gasteiger partial charge in [0.05, 0.1) is 7.11 Å². The van der Waals surface area contributed by atoms with Crippen LogP contribution in [-0.2, 0) is 4.79 Å². The molecule has 2 rings (SSSR count). The summed E-state index contributed by atoms with van der Waals surface area (Å²) in [5.74, 6) is 0.469. The van der Waals surface area contributed by atoms with Crippen molar-refractivity contribution >= 4 is 27.8 Å². The lowest BCUT2D eigenvalue weighted by atomic mass is 10.3. The third kappa shape index (κ3) is 3.95. The zero-order chi connectivity index (χ0) is 13.7. The number of nitrogens with zero attached hydrogens (tertiary/aromatic N) is 2. The average molecular weight is 327 g/mol. The van der Waals surface area contributed by atoms with E-state index in [2.05, 4.69) is 36.4 Å².